The van der Waals surface area contributed by atoms with E-state index in [0.29, 0.717) is 24.2 Å². The molecule has 1 saturated heterocycles. The molecule has 2 amide bonds. The van der Waals surface area contributed by atoms with Crippen molar-refractivity contribution in [3.63, 3.8) is 0 Å². The van der Waals surface area contributed by atoms with Gasteiger partial charge in [-0.15, -0.1) is 0 Å². The molecule has 3 rings (SSSR count). The SMILES string of the molecule is CC(NC(=O)N1CCN(c2ccccc2)CC1)C(C)C(=O)c1ccc(C#N)cc1. The number of Topliss-reactive ketones (excluding diaryl/α,β-unsaturated/α-hetero) is 1. The highest BCUT2D eigenvalue weighted by molar-refractivity contribution is 5.98. The minimum atomic E-state index is -0.363. The third kappa shape index (κ3) is 4.94. The second-order valence-corrected chi connectivity index (χ2v) is 7.39. The average molecular weight is 390 g/mol. The van der Waals surface area contributed by atoms with Crippen LogP contribution in [0.5, 0.6) is 0 Å². The van der Waals surface area contributed by atoms with Crippen LogP contribution in [0.1, 0.15) is 29.8 Å². The van der Waals surface area contributed by atoms with Gasteiger partial charge in [-0.25, -0.2) is 4.79 Å². The van der Waals surface area contributed by atoms with Crippen molar-refractivity contribution in [1.29, 1.82) is 5.26 Å². The molecule has 1 aliphatic heterocycles. The molecule has 6 nitrogen and oxygen atoms in total. The Bertz CT molecular complexity index is 881. The molecule has 0 saturated carbocycles. The molecule has 6 heteroatoms. The highest BCUT2D eigenvalue weighted by Crippen LogP contribution is 2.17. The van der Waals surface area contributed by atoms with Crippen molar-refractivity contribution in [2.45, 2.75) is 19.9 Å². The van der Waals surface area contributed by atoms with Crippen molar-refractivity contribution < 1.29 is 9.59 Å². The summed E-state index contributed by atoms with van der Waals surface area (Å²) in [5.74, 6) is -0.409. The molecule has 0 aromatic heterocycles. The lowest BCUT2D eigenvalue weighted by molar-refractivity contribution is 0.0907. The zero-order chi connectivity index (χ0) is 20.8. The van der Waals surface area contributed by atoms with Crippen LogP contribution in [-0.4, -0.2) is 48.9 Å². The maximum Gasteiger partial charge on any atom is 0.317 e. The van der Waals surface area contributed by atoms with Gasteiger partial charge in [-0.05, 0) is 31.2 Å². The number of amides is 2. The maximum atomic E-state index is 12.7. The van der Waals surface area contributed by atoms with Crippen LogP contribution in [0.15, 0.2) is 54.6 Å². The lowest BCUT2D eigenvalue weighted by Crippen LogP contribution is -2.54. The van der Waals surface area contributed by atoms with E-state index in [1.807, 2.05) is 38.1 Å². The van der Waals surface area contributed by atoms with Gasteiger partial charge in [-0.3, -0.25) is 4.79 Å². The van der Waals surface area contributed by atoms with Crippen LogP contribution in [0.25, 0.3) is 0 Å². The Morgan fingerprint density at radius 3 is 2.17 bits per heavy atom. The molecule has 0 bridgehead atoms. The first-order chi connectivity index (χ1) is 14.0. The number of anilines is 1. The molecule has 0 aliphatic carbocycles. The number of carbonyl (C=O) groups excluding carboxylic acids is 2. The summed E-state index contributed by atoms with van der Waals surface area (Å²) in [4.78, 5) is 29.4. The van der Waals surface area contributed by atoms with Crippen LogP contribution in [-0.2, 0) is 0 Å². The van der Waals surface area contributed by atoms with E-state index < -0.39 is 0 Å². The average Bonchev–Trinajstić information content (AvgIpc) is 2.78. The maximum absolute atomic E-state index is 12.7. The Hall–Kier alpha value is -3.33. The van der Waals surface area contributed by atoms with Gasteiger partial charge in [-0.1, -0.05) is 37.3 Å². The summed E-state index contributed by atoms with van der Waals surface area (Å²) in [6, 6.07) is 18.4. The number of urea groups is 1. The highest BCUT2D eigenvalue weighted by Gasteiger charge is 2.26. The fourth-order valence-electron chi connectivity index (χ4n) is 3.42. The Morgan fingerprint density at radius 1 is 0.966 bits per heavy atom. The number of benzene rings is 2. The van der Waals surface area contributed by atoms with Crippen molar-refractivity contribution in [1.82, 2.24) is 10.2 Å². The molecule has 1 heterocycles. The summed E-state index contributed by atoms with van der Waals surface area (Å²) in [7, 11) is 0. The van der Waals surface area contributed by atoms with Crippen molar-refractivity contribution in [3.05, 3.63) is 65.7 Å². The number of rotatable bonds is 5. The molecule has 1 fully saturated rings. The first-order valence-electron chi connectivity index (χ1n) is 9.89. The van der Waals surface area contributed by atoms with Crippen molar-refractivity contribution in [2.24, 2.45) is 5.92 Å². The number of nitriles is 1. The number of para-hydroxylation sites is 1. The monoisotopic (exact) mass is 390 g/mol. The molecule has 2 unspecified atom stereocenters. The van der Waals surface area contributed by atoms with Crippen molar-refractivity contribution in [3.8, 4) is 6.07 Å². The molecule has 0 radical (unpaired) electrons. The first-order valence-corrected chi connectivity index (χ1v) is 9.89. The Morgan fingerprint density at radius 2 is 1.59 bits per heavy atom. The number of piperazine rings is 1. The number of carbonyl (C=O) groups is 2. The van der Waals surface area contributed by atoms with Gasteiger partial charge in [0.1, 0.15) is 0 Å². The fraction of sp³-hybridized carbons (Fsp3) is 0.348. The quantitative estimate of drug-likeness (QED) is 0.795. The molecule has 1 N–H and O–H groups in total. The third-order valence-electron chi connectivity index (χ3n) is 5.50. The van der Waals surface area contributed by atoms with Crippen LogP contribution in [0.4, 0.5) is 10.5 Å². The summed E-state index contributed by atoms with van der Waals surface area (Å²) in [5, 5.41) is 11.9. The Kier molecular flexibility index (Phi) is 6.50. The van der Waals surface area contributed by atoms with Gasteiger partial charge in [0, 0.05) is 49.4 Å². The predicted octanol–water partition coefficient (Wildman–Crippen LogP) is 3.30. The molecular weight excluding hydrogens is 364 g/mol. The molecule has 0 spiro atoms. The molecule has 150 valence electrons. The molecule has 2 atom stereocenters. The predicted molar refractivity (Wildman–Crippen MR) is 113 cm³/mol. The lowest BCUT2D eigenvalue weighted by atomic mass is 9.93. The first kappa shape index (κ1) is 20.4. The molecule has 2 aromatic carbocycles. The van der Waals surface area contributed by atoms with Gasteiger partial charge in [0.2, 0.25) is 0 Å². The van der Waals surface area contributed by atoms with Gasteiger partial charge >= 0.3 is 6.03 Å². The van der Waals surface area contributed by atoms with Crippen LogP contribution < -0.4 is 10.2 Å². The van der Waals surface area contributed by atoms with E-state index in [1.165, 1.54) is 5.69 Å². The van der Waals surface area contributed by atoms with Gasteiger partial charge in [0.25, 0.3) is 0 Å². The normalized spacial score (nSPS) is 15.9. The second-order valence-electron chi connectivity index (χ2n) is 7.39. The number of nitrogens with zero attached hydrogens (tertiary/aromatic N) is 3. The standard InChI is InChI=1S/C23H26N4O2/c1-17(22(28)20-10-8-19(16-24)9-11-20)18(2)25-23(29)27-14-12-26(13-15-27)21-6-4-3-5-7-21/h3-11,17-18H,12-15H2,1-2H3,(H,25,29). The van der Waals surface area contributed by atoms with E-state index in [-0.39, 0.29) is 23.8 Å². The van der Waals surface area contributed by atoms with Gasteiger partial charge in [0.15, 0.2) is 5.78 Å². The third-order valence-corrected chi connectivity index (χ3v) is 5.50. The lowest BCUT2D eigenvalue weighted by Gasteiger charge is -2.36. The van der Waals surface area contributed by atoms with E-state index in [9.17, 15) is 9.59 Å². The topological polar surface area (TPSA) is 76.4 Å². The van der Waals surface area contributed by atoms with Crippen LogP contribution in [0.2, 0.25) is 0 Å². The minimum Gasteiger partial charge on any atom is -0.368 e. The summed E-state index contributed by atoms with van der Waals surface area (Å²) in [6.45, 7) is 6.52. The Balaban J connectivity index is 1.52. The number of hydrogen-bond acceptors (Lipinski definition) is 4. The molecule has 2 aromatic rings. The van der Waals surface area contributed by atoms with E-state index in [1.54, 1.807) is 29.2 Å². The summed E-state index contributed by atoms with van der Waals surface area (Å²) < 4.78 is 0. The largest absolute Gasteiger partial charge is 0.368 e. The van der Waals surface area contributed by atoms with E-state index in [2.05, 4.69) is 22.3 Å². The molecule has 1 aliphatic rings. The van der Waals surface area contributed by atoms with E-state index in [0.717, 1.165) is 13.1 Å². The van der Waals surface area contributed by atoms with Crippen molar-refractivity contribution in [2.75, 3.05) is 31.1 Å². The number of nitrogens with one attached hydrogen (secondary N) is 1. The Labute approximate surface area is 171 Å². The van der Waals surface area contributed by atoms with Crippen LogP contribution in [0.3, 0.4) is 0 Å². The van der Waals surface area contributed by atoms with Crippen molar-refractivity contribution >= 4 is 17.5 Å². The van der Waals surface area contributed by atoms with Gasteiger partial charge in [-0.2, -0.15) is 5.26 Å². The summed E-state index contributed by atoms with van der Waals surface area (Å²) in [5.41, 5.74) is 2.24. The summed E-state index contributed by atoms with van der Waals surface area (Å²) in [6.07, 6.45) is 0. The minimum absolute atomic E-state index is 0.0452. The highest BCUT2D eigenvalue weighted by atomic mass is 16.2. The van der Waals surface area contributed by atoms with Gasteiger partial charge in [0.05, 0.1) is 11.6 Å². The van der Waals surface area contributed by atoms with E-state index in [4.69, 9.17) is 5.26 Å². The van der Waals surface area contributed by atoms with E-state index >= 15 is 0 Å². The number of hydrogen-bond donors (Lipinski definition) is 1. The fourth-order valence-corrected chi connectivity index (χ4v) is 3.42. The molecular formula is C23H26N4O2. The van der Waals surface area contributed by atoms with Crippen LogP contribution >= 0.6 is 0 Å². The molecule has 29 heavy (non-hydrogen) atoms. The summed E-state index contributed by atoms with van der Waals surface area (Å²) >= 11 is 0. The zero-order valence-electron chi connectivity index (χ0n) is 16.8. The van der Waals surface area contributed by atoms with Crippen LogP contribution in [0, 0.1) is 17.2 Å². The zero-order valence-corrected chi connectivity index (χ0v) is 16.8. The smallest absolute Gasteiger partial charge is 0.317 e. The second kappa shape index (κ2) is 9.24. The van der Waals surface area contributed by atoms with Gasteiger partial charge < -0.3 is 15.1 Å². The number of ketones is 1.